The molecule has 1 unspecified atom stereocenters. The number of benzene rings is 2. The number of hydrogen-bond donors (Lipinski definition) is 1. The zero-order chi connectivity index (χ0) is 18.9. The maximum atomic E-state index is 11.9. The summed E-state index contributed by atoms with van der Waals surface area (Å²) in [5.41, 5.74) is 2.56. The standard InChI is InChI=1S/C20H20N2O4/c1-20(2,3)13-8-10-14(11-9-13)21-12-17(22(24)25)18-15-6-4-5-7-16(15)19(23)26-18/h4-12,18,21H,1-3H3/b17-12-. The third kappa shape index (κ3) is 3.44. The molecule has 0 saturated carbocycles. The van der Waals surface area contributed by atoms with Crippen molar-refractivity contribution in [1.82, 2.24) is 0 Å². The molecule has 0 saturated heterocycles. The van der Waals surface area contributed by atoms with Crippen molar-refractivity contribution < 1.29 is 14.5 Å². The Labute approximate surface area is 151 Å². The van der Waals surface area contributed by atoms with E-state index in [1.807, 2.05) is 24.3 Å². The second-order valence-corrected chi connectivity index (χ2v) is 7.17. The molecule has 0 fully saturated rings. The van der Waals surface area contributed by atoms with Crippen molar-refractivity contribution >= 4 is 11.7 Å². The number of fused-ring (bicyclic) bond motifs is 1. The minimum Gasteiger partial charge on any atom is -0.442 e. The lowest BCUT2D eigenvalue weighted by atomic mass is 9.87. The first-order valence-corrected chi connectivity index (χ1v) is 8.29. The Balaban J connectivity index is 1.86. The molecule has 1 atom stereocenters. The topological polar surface area (TPSA) is 81.5 Å². The molecule has 2 aromatic carbocycles. The van der Waals surface area contributed by atoms with E-state index in [2.05, 4.69) is 26.1 Å². The van der Waals surface area contributed by atoms with Gasteiger partial charge in [0.25, 0.3) is 0 Å². The molecule has 26 heavy (non-hydrogen) atoms. The Morgan fingerprint density at radius 3 is 2.42 bits per heavy atom. The van der Waals surface area contributed by atoms with Crippen molar-refractivity contribution in [2.24, 2.45) is 0 Å². The van der Waals surface area contributed by atoms with Crippen LogP contribution in [0.15, 0.2) is 60.4 Å². The van der Waals surface area contributed by atoms with E-state index in [1.54, 1.807) is 24.3 Å². The second kappa shape index (κ2) is 6.63. The van der Waals surface area contributed by atoms with Crippen LogP contribution in [0.1, 0.15) is 48.4 Å². The average Bonchev–Trinajstić information content (AvgIpc) is 2.92. The van der Waals surface area contributed by atoms with Crippen LogP contribution in [0.2, 0.25) is 0 Å². The fourth-order valence-corrected chi connectivity index (χ4v) is 2.81. The molecule has 0 spiro atoms. The molecule has 0 radical (unpaired) electrons. The van der Waals surface area contributed by atoms with E-state index in [0.717, 1.165) is 5.69 Å². The molecule has 0 aliphatic carbocycles. The number of esters is 1. The van der Waals surface area contributed by atoms with Crippen LogP contribution in [-0.2, 0) is 10.2 Å². The highest BCUT2D eigenvalue weighted by Gasteiger charge is 2.39. The van der Waals surface area contributed by atoms with Gasteiger partial charge in [-0.05, 0) is 29.2 Å². The number of rotatable bonds is 4. The van der Waals surface area contributed by atoms with Gasteiger partial charge in [-0.15, -0.1) is 0 Å². The Morgan fingerprint density at radius 1 is 1.15 bits per heavy atom. The SMILES string of the molecule is CC(C)(C)c1ccc(N/C=C(/C2OC(=O)c3ccccc32)[N+](=O)[O-])cc1. The smallest absolute Gasteiger partial charge is 0.339 e. The second-order valence-electron chi connectivity index (χ2n) is 7.17. The van der Waals surface area contributed by atoms with Gasteiger partial charge in [0.1, 0.15) is 0 Å². The van der Waals surface area contributed by atoms with Gasteiger partial charge in [-0.25, -0.2) is 4.79 Å². The van der Waals surface area contributed by atoms with E-state index < -0.39 is 17.0 Å². The summed E-state index contributed by atoms with van der Waals surface area (Å²) < 4.78 is 5.22. The van der Waals surface area contributed by atoms with Gasteiger partial charge >= 0.3 is 11.7 Å². The lowest BCUT2D eigenvalue weighted by molar-refractivity contribution is -0.436. The monoisotopic (exact) mass is 352 g/mol. The highest BCUT2D eigenvalue weighted by Crippen LogP contribution is 2.36. The van der Waals surface area contributed by atoms with Gasteiger partial charge in [0.05, 0.1) is 16.7 Å². The van der Waals surface area contributed by atoms with E-state index in [9.17, 15) is 14.9 Å². The lowest BCUT2D eigenvalue weighted by Crippen LogP contribution is -2.12. The van der Waals surface area contributed by atoms with E-state index in [0.29, 0.717) is 11.1 Å². The van der Waals surface area contributed by atoms with Crippen molar-refractivity contribution in [2.75, 3.05) is 5.32 Å². The number of hydrogen-bond acceptors (Lipinski definition) is 5. The summed E-state index contributed by atoms with van der Waals surface area (Å²) in [6.07, 6.45) is 0.265. The number of cyclic esters (lactones) is 1. The van der Waals surface area contributed by atoms with Gasteiger partial charge in [0, 0.05) is 11.3 Å². The van der Waals surface area contributed by atoms with Crippen LogP contribution in [0.25, 0.3) is 0 Å². The molecule has 1 N–H and O–H groups in total. The molecule has 1 aliphatic rings. The Hall–Kier alpha value is -3.15. The van der Waals surface area contributed by atoms with Crippen LogP contribution in [0, 0.1) is 10.1 Å². The lowest BCUT2D eigenvalue weighted by Gasteiger charge is -2.19. The number of nitro groups is 1. The largest absolute Gasteiger partial charge is 0.442 e. The van der Waals surface area contributed by atoms with E-state index in [1.165, 1.54) is 11.8 Å². The quantitative estimate of drug-likeness (QED) is 0.500. The summed E-state index contributed by atoms with van der Waals surface area (Å²) in [7, 11) is 0. The van der Waals surface area contributed by atoms with Crippen LogP contribution in [0.4, 0.5) is 5.69 Å². The molecule has 3 rings (SSSR count). The summed E-state index contributed by atoms with van der Waals surface area (Å²) in [6.45, 7) is 6.35. The number of nitrogens with zero attached hydrogens (tertiary/aromatic N) is 1. The van der Waals surface area contributed by atoms with Gasteiger partial charge in [-0.1, -0.05) is 51.1 Å². The molecule has 1 heterocycles. The van der Waals surface area contributed by atoms with E-state index in [4.69, 9.17) is 4.74 Å². The number of carbonyl (C=O) groups excluding carboxylic acids is 1. The molecule has 0 amide bonds. The summed E-state index contributed by atoms with van der Waals surface area (Å²) >= 11 is 0. The van der Waals surface area contributed by atoms with Crippen LogP contribution in [0.3, 0.4) is 0 Å². The van der Waals surface area contributed by atoms with Gasteiger partial charge in [0.15, 0.2) is 0 Å². The van der Waals surface area contributed by atoms with Crippen molar-refractivity contribution in [3.05, 3.63) is 87.2 Å². The first-order chi connectivity index (χ1) is 12.3. The maximum absolute atomic E-state index is 11.9. The summed E-state index contributed by atoms with van der Waals surface area (Å²) in [4.78, 5) is 22.9. The molecule has 0 aromatic heterocycles. The van der Waals surface area contributed by atoms with Crippen molar-refractivity contribution in [2.45, 2.75) is 32.3 Å². The third-order valence-electron chi connectivity index (χ3n) is 4.31. The normalized spacial score (nSPS) is 16.8. The minimum atomic E-state index is -1.02. The number of anilines is 1. The first-order valence-electron chi connectivity index (χ1n) is 8.29. The van der Waals surface area contributed by atoms with Crippen LogP contribution in [-0.4, -0.2) is 10.9 Å². The number of carbonyl (C=O) groups is 1. The Morgan fingerprint density at radius 2 is 1.81 bits per heavy atom. The van der Waals surface area contributed by atoms with Gasteiger partial charge in [-0.2, -0.15) is 0 Å². The van der Waals surface area contributed by atoms with Gasteiger partial charge in [-0.3, -0.25) is 10.1 Å². The molecule has 6 heteroatoms. The molecule has 6 nitrogen and oxygen atoms in total. The fraction of sp³-hybridized carbons (Fsp3) is 0.250. The zero-order valence-corrected chi connectivity index (χ0v) is 14.9. The molecule has 0 bridgehead atoms. The van der Waals surface area contributed by atoms with Gasteiger partial charge in [0.2, 0.25) is 6.10 Å². The molecule has 2 aromatic rings. The predicted octanol–water partition coefficient (Wildman–Crippen LogP) is 4.43. The fourth-order valence-electron chi connectivity index (χ4n) is 2.81. The van der Waals surface area contributed by atoms with Crippen LogP contribution < -0.4 is 5.32 Å². The van der Waals surface area contributed by atoms with Crippen LogP contribution >= 0.6 is 0 Å². The van der Waals surface area contributed by atoms with Crippen LogP contribution in [0.5, 0.6) is 0 Å². The Bertz CT molecular complexity index is 879. The number of nitrogens with one attached hydrogen (secondary N) is 1. The molecule has 134 valence electrons. The Kier molecular flexibility index (Phi) is 4.50. The molecular formula is C20H20N2O4. The molecule has 1 aliphatic heterocycles. The first kappa shape index (κ1) is 17.7. The predicted molar refractivity (Wildman–Crippen MR) is 98.4 cm³/mol. The zero-order valence-electron chi connectivity index (χ0n) is 14.9. The third-order valence-corrected chi connectivity index (χ3v) is 4.31. The average molecular weight is 352 g/mol. The highest BCUT2D eigenvalue weighted by atomic mass is 16.6. The maximum Gasteiger partial charge on any atom is 0.339 e. The van der Waals surface area contributed by atoms with E-state index >= 15 is 0 Å². The van der Waals surface area contributed by atoms with Crippen molar-refractivity contribution in [3.8, 4) is 0 Å². The molecular weight excluding hydrogens is 332 g/mol. The highest BCUT2D eigenvalue weighted by molar-refractivity contribution is 5.94. The number of ether oxygens (including phenoxy) is 1. The summed E-state index contributed by atoms with van der Waals surface area (Å²) in [5, 5.41) is 14.4. The summed E-state index contributed by atoms with van der Waals surface area (Å²) in [5.74, 6) is -0.548. The van der Waals surface area contributed by atoms with Crippen molar-refractivity contribution in [3.63, 3.8) is 0 Å². The van der Waals surface area contributed by atoms with E-state index in [-0.39, 0.29) is 11.1 Å². The minimum absolute atomic E-state index is 0.0299. The van der Waals surface area contributed by atoms with Gasteiger partial charge < -0.3 is 10.1 Å². The van der Waals surface area contributed by atoms with Crippen molar-refractivity contribution in [1.29, 1.82) is 0 Å². The summed E-state index contributed by atoms with van der Waals surface area (Å²) in [6, 6.07) is 14.4.